The van der Waals surface area contributed by atoms with Crippen LogP contribution >= 0.6 is 0 Å². The molecule has 1 nitrogen and oxygen atoms in total. The molecule has 1 saturated carbocycles. The molecule has 2 heteroatoms. The molecule has 5 atom stereocenters. The predicted molar refractivity (Wildman–Crippen MR) is 100.0 cm³/mol. The van der Waals surface area contributed by atoms with E-state index in [1.165, 1.54) is 16.3 Å². The smallest absolute Gasteiger partial charge is 0.121 e. The molecule has 124 valence electrons. The largest absolute Gasteiger partial charge is 0.497 e. The number of hydrogen-bond acceptors (Lipinski definition) is 1. The van der Waals surface area contributed by atoms with Crippen molar-refractivity contribution in [3.8, 4) is 5.75 Å². The molecule has 0 amide bonds. The van der Waals surface area contributed by atoms with Crippen molar-refractivity contribution in [3.05, 3.63) is 23.3 Å². The van der Waals surface area contributed by atoms with Crippen molar-refractivity contribution in [2.75, 3.05) is 7.11 Å². The molecule has 0 aliphatic heterocycles. The Morgan fingerprint density at radius 1 is 0.864 bits per heavy atom. The van der Waals surface area contributed by atoms with E-state index in [0.29, 0.717) is 0 Å². The van der Waals surface area contributed by atoms with Gasteiger partial charge in [-0.1, -0.05) is 58.5 Å². The number of rotatable bonds is 3. The first-order valence-electron chi connectivity index (χ1n) is 8.78. The summed E-state index contributed by atoms with van der Waals surface area (Å²) < 4.78 is 5.84. The Morgan fingerprint density at radius 2 is 1.36 bits per heavy atom. The van der Waals surface area contributed by atoms with Crippen molar-refractivity contribution in [1.82, 2.24) is 0 Å². The average Bonchev–Trinajstić information content (AvgIpc) is 2.62. The van der Waals surface area contributed by atoms with Crippen LogP contribution in [0.1, 0.15) is 38.8 Å². The summed E-state index contributed by atoms with van der Waals surface area (Å²) in [5.74, 6) is 4.40. The van der Waals surface area contributed by atoms with Gasteiger partial charge in [0.15, 0.2) is 0 Å². The second-order valence-corrected chi connectivity index (χ2v) is 13.0. The molecule has 2 rings (SSSR count). The maximum Gasteiger partial charge on any atom is 0.121 e. The van der Waals surface area contributed by atoms with Gasteiger partial charge in [-0.3, -0.25) is 0 Å². The van der Waals surface area contributed by atoms with Crippen LogP contribution in [0.2, 0.25) is 18.6 Å². The minimum Gasteiger partial charge on any atom is -0.497 e. The van der Waals surface area contributed by atoms with E-state index >= 15 is 0 Å². The SMILES string of the molecule is COc1c(C)cc(C)cc1[Si](C)(C)C1C(C)C(C)[C@@H](C)[C@H]1C. The Morgan fingerprint density at radius 3 is 1.82 bits per heavy atom. The van der Waals surface area contributed by atoms with Gasteiger partial charge in [-0.25, -0.2) is 0 Å². The molecule has 1 aliphatic rings. The Bertz CT molecular complexity index is 535. The van der Waals surface area contributed by atoms with Crippen molar-refractivity contribution in [1.29, 1.82) is 0 Å². The van der Waals surface area contributed by atoms with E-state index in [9.17, 15) is 0 Å². The lowest BCUT2D eigenvalue weighted by Gasteiger charge is -2.38. The molecule has 22 heavy (non-hydrogen) atoms. The van der Waals surface area contributed by atoms with Crippen molar-refractivity contribution < 1.29 is 4.74 Å². The van der Waals surface area contributed by atoms with Crippen LogP contribution in [-0.4, -0.2) is 15.2 Å². The minimum absolute atomic E-state index is 0.803. The van der Waals surface area contributed by atoms with E-state index < -0.39 is 8.07 Å². The summed E-state index contributed by atoms with van der Waals surface area (Å²) in [5, 5.41) is 1.53. The molecule has 0 heterocycles. The molecule has 0 bridgehead atoms. The summed E-state index contributed by atoms with van der Waals surface area (Å²) in [7, 11) is 0.222. The molecule has 1 aliphatic carbocycles. The van der Waals surface area contributed by atoms with Gasteiger partial charge in [0.1, 0.15) is 5.75 Å². The van der Waals surface area contributed by atoms with Crippen molar-refractivity contribution in [2.24, 2.45) is 23.7 Å². The number of ether oxygens (including phenoxy) is 1. The van der Waals surface area contributed by atoms with Crippen LogP contribution in [-0.2, 0) is 0 Å². The van der Waals surface area contributed by atoms with Crippen molar-refractivity contribution in [3.63, 3.8) is 0 Å². The molecular weight excluding hydrogens is 284 g/mol. The number of aryl methyl sites for hydroxylation is 2. The summed E-state index contributed by atoms with van der Waals surface area (Å²) in [6.07, 6.45) is 0. The molecule has 0 saturated heterocycles. The van der Waals surface area contributed by atoms with E-state index in [-0.39, 0.29) is 0 Å². The maximum absolute atomic E-state index is 5.84. The standard InChI is InChI=1S/C20H34OSi/c1-12-10-13(2)19(21-7)18(11-12)22(8,9)20-16(5)14(3)15(4)17(20)6/h10-11,14-17,20H,1-9H3/t14-,15?,16-,17?,20?/m1/s1. The molecule has 1 fully saturated rings. The first-order chi connectivity index (χ1) is 10.1. The highest BCUT2D eigenvalue weighted by molar-refractivity contribution is 6.91. The third kappa shape index (κ3) is 2.64. The lowest BCUT2D eigenvalue weighted by molar-refractivity contribution is 0.352. The fourth-order valence-electron chi connectivity index (χ4n) is 5.29. The van der Waals surface area contributed by atoms with E-state index in [2.05, 4.69) is 66.8 Å². The summed E-state index contributed by atoms with van der Waals surface area (Å²) in [6.45, 7) is 19.4. The zero-order valence-corrected chi connectivity index (χ0v) is 16.9. The molecule has 0 spiro atoms. The van der Waals surface area contributed by atoms with Gasteiger partial charge in [0.2, 0.25) is 0 Å². The maximum atomic E-state index is 5.84. The third-order valence-electron chi connectivity index (χ3n) is 6.77. The van der Waals surface area contributed by atoms with Crippen LogP contribution < -0.4 is 9.92 Å². The van der Waals surface area contributed by atoms with Crippen LogP contribution in [0.4, 0.5) is 0 Å². The van der Waals surface area contributed by atoms with Gasteiger partial charge in [0, 0.05) is 0 Å². The van der Waals surface area contributed by atoms with Gasteiger partial charge in [-0.05, 0) is 53.8 Å². The highest BCUT2D eigenvalue weighted by Crippen LogP contribution is 2.53. The monoisotopic (exact) mass is 318 g/mol. The predicted octanol–water partition coefficient (Wildman–Crippen LogP) is 5.16. The molecular formula is C20H34OSi. The van der Waals surface area contributed by atoms with Crippen LogP contribution in [0, 0.1) is 37.5 Å². The van der Waals surface area contributed by atoms with Crippen molar-refractivity contribution in [2.45, 2.75) is 60.2 Å². The Kier molecular flexibility index (Phi) is 4.82. The van der Waals surface area contributed by atoms with E-state index in [1.54, 1.807) is 0 Å². The fraction of sp³-hybridized carbons (Fsp3) is 0.700. The van der Waals surface area contributed by atoms with Crippen LogP contribution in [0.5, 0.6) is 5.75 Å². The van der Waals surface area contributed by atoms with Crippen LogP contribution in [0.25, 0.3) is 0 Å². The van der Waals surface area contributed by atoms with Crippen LogP contribution in [0.15, 0.2) is 12.1 Å². The zero-order chi connectivity index (χ0) is 16.8. The van der Waals surface area contributed by atoms with Gasteiger partial charge in [0.05, 0.1) is 15.2 Å². The van der Waals surface area contributed by atoms with Gasteiger partial charge >= 0.3 is 0 Å². The fourth-order valence-corrected chi connectivity index (χ4v) is 10.4. The van der Waals surface area contributed by atoms with E-state index in [4.69, 9.17) is 4.74 Å². The van der Waals surface area contributed by atoms with Gasteiger partial charge in [-0.15, -0.1) is 0 Å². The average molecular weight is 319 g/mol. The van der Waals surface area contributed by atoms with Crippen LogP contribution in [0.3, 0.4) is 0 Å². The normalized spacial score (nSPS) is 32.3. The Labute approximate surface area is 138 Å². The summed E-state index contributed by atoms with van der Waals surface area (Å²) in [4.78, 5) is 0. The number of hydrogen-bond donors (Lipinski definition) is 0. The minimum atomic E-state index is -1.61. The Balaban J connectivity index is 2.56. The van der Waals surface area contributed by atoms with E-state index in [0.717, 1.165) is 35.0 Å². The second-order valence-electron chi connectivity index (χ2n) is 8.35. The second kappa shape index (κ2) is 6.03. The van der Waals surface area contributed by atoms with Gasteiger partial charge in [-0.2, -0.15) is 0 Å². The number of methoxy groups -OCH3 is 1. The zero-order valence-electron chi connectivity index (χ0n) is 15.9. The molecule has 0 aromatic heterocycles. The third-order valence-corrected chi connectivity index (χ3v) is 11.2. The highest BCUT2D eigenvalue weighted by atomic mass is 28.3. The van der Waals surface area contributed by atoms with Gasteiger partial charge < -0.3 is 4.74 Å². The first-order valence-corrected chi connectivity index (χ1v) is 11.9. The lowest BCUT2D eigenvalue weighted by atomic mass is 9.92. The van der Waals surface area contributed by atoms with Gasteiger partial charge in [0.25, 0.3) is 0 Å². The van der Waals surface area contributed by atoms with E-state index in [1.807, 2.05) is 7.11 Å². The first kappa shape index (κ1) is 17.6. The topological polar surface area (TPSA) is 9.23 Å². The molecule has 1 aromatic carbocycles. The molecule has 0 N–H and O–H groups in total. The molecule has 1 aromatic rings. The lowest BCUT2D eigenvalue weighted by Crippen LogP contribution is -2.49. The quantitative estimate of drug-likeness (QED) is 0.700. The number of benzene rings is 1. The summed E-state index contributed by atoms with van der Waals surface area (Å²) >= 11 is 0. The summed E-state index contributed by atoms with van der Waals surface area (Å²) in [5.41, 5.74) is 3.48. The molecule has 0 radical (unpaired) electrons. The highest BCUT2D eigenvalue weighted by Gasteiger charge is 2.50. The van der Waals surface area contributed by atoms with Crippen molar-refractivity contribution >= 4 is 13.3 Å². The summed E-state index contributed by atoms with van der Waals surface area (Å²) in [6, 6.07) is 4.66. The Hall–Kier alpha value is -0.763. The molecule has 3 unspecified atom stereocenters.